The number of rotatable bonds is 4. The Bertz CT molecular complexity index is 891. The van der Waals surface area contributed by atoms with Crippen LogP contribution in [0.2, 0.25) is 0 Å². The molecule has 25 heavy (non-hydrogen) atoms. The van der Waals surface area contributed by atoms with Crippen LogP contribution in [0.3, 0.4) is 0 Å². The van der Waals surface area contributed by atoms with Gasteiger partial charge in [0.15, 0.2) is 5.82 Å². The predicted octanol–water partition coefficient (Wildman–Crippen LogP) is 4.59. The smallest absolute Gasteiger partial charge is 0.360 e. The maximum atomic E-state index is 12.8. The Morgan fingerprint density at radius 1 is 0.960 bits per heavy atom. The molecule has 0 aliphatic heterocycles. The standard InChI is InChI=1S/C16H14F3N5O/c1-9-6-13(22-14-7-10(2)25-24-14)23-15(20-9)21-12-5-3-4-11(8-12)16(17,18)19/h3-8H,1-2H3,(H2,20,21,22,23,24). The van der Waals surface area contributed by atoms with Crippen LogP contribution in [0.1, 0.15) is 17.0 Å². The van der Waals surface area contributed by atoms with E-state index in [1.165, 1.54) is 12.1 Å². The monoisotopic (exact) mass is 349 g/mol. The summed E-state index contributed by atoms with van der Waals surface area (Å²) >= 11 is 0. The van der Waals surface area contributed by atoms with Gasteiger partial charge in [-0.25, -0.2) is 4.98 Å². The average Bonchev–Trinajstić information content (AvgIpc) is 2.91. The maximum absolute atomic E-state index is 12.8. The van der Waals surface area contributed by atoms with Gasteiger partial charge in [0.2, 0.25) is 5.95 Å². The van der Waals surface area contributed by atoms with Crippen molar-refractivity contribution in [3.8, 4) is 0 Å². The molecular formula is C16H14F3N5O. The van der Waals surface area contributed by atoms with Crippen molar-refractivity contribution >= 4 is 23.3 Å². The van der Waals surface area contributed by atoms with E-state index in [2.05, 4.69) is 25.8 Å². The number of aryl methyl sites for hydroxylation is 2. The lowest BCUT2D eigenvalue weighted by atomic mass is 10.2. The third-order valence-corrected chi connectivity index (χ3v) is 3.18. The van der Waals surface area contributed by atoms with Crippen LogP contribution in [-0.2, 0) is 6.18 Å². The van der Waals surface area contributed by atoms with Gasteiger partial charge in [-0.1, -0.05) is 11.2 Å². The molecule has 0 bridgehead atoms. The zero-order chi connectivity index (χ0) is 18.0. The Hall–Kier alpha value is -3.10. The van der Waals surface area contributed by atoms with Crippen LogP contribution in [-0.4, -0.2) is 15.1 Å². The number of nitrogens with one attached hydrogen (secondary N) is 2. The van der Waals surface area contributed by atoms with Gasteiger partial charge in [0.05, 0.1) is 5.56 Å². The lowest BCUT2D eigenvalue weighted by molar-refractivity contribution is -0.137. The van der Waals surface area contributed by atoms with E-state index >= 15 is 0 Å². The van der Waals surface area contributed by atoms with Gasteiger partial charge in [-0.2, -0.15) is 18.2 Å². The second-order valence-corrected chi connectivity index (χ2v) is 5.37. The van der Waals surface area contributed by atoms with Crippen molar-refractivity contribution in [1.29, 1.82) is 0 Å². The summed E-state index contributed by atoms with van der Waals surface area (Å²) in [6, 6.07) is 8.20. The van der Waals surface area contributed by atoms with Crippen molar-refractivity contribution in [3.63, 3.8) is 0 Å². The largest absolute Gasteiger partial charge is 0.416 e. The predicted molar refractivity (Wildman–Crippen MR) is 86.0 cm³/mol. The fourth-order valence-electron chi connectivity index (χ4n) is 2.15. The van der Waals surface area contributed by atoms with Crippen LogP contribution in [0, 0.1) is 13.8 Å². The van der Waals surface area contributed by atoms with Gasteiger partial charge in [-0.05, 0) is 32.0 Å². The molecule has 2 N–H and O–H groups in total. The van der Waals surface area contributed by atoms with Crippen molar-refractivity contribution in [2.75, 3.05) is 10.6 Å². The third-order valence-electron chi connectivity index (χ3n) is 3.18. The SMILES string of the molecule is Cc1cc(Nc2cc(C)on2)nc(Nc2cccc(C(F)(F)F)c2)n1. The number of hydrogen-bond donors (Lipinski definition) is 2. The molecule has 0 saturated carbocycles. The molecule has 0 spiro atoms. The molecule has 3 rings (SSSR count). The van der Waals surface area contributed by atoms with E-state index in [0.29, 0.717) is 23.1 Å². The summed E-state index contributed by atoms with van der Waals surface area (Å²) in [5, 5.41) is 9.54. The quantitative estimate of drug-likeness (QED) is 0.718. The number of halogens is 3. The number of anilines is 4. The van der Waals surface area contributed by atoms with Crippen molar-refractivity contribution in [2.45, 2.75) is 20.0 Å². The van der Waals surface area contributed by atoms with Gasteiger partial charge in [-0.15, -0.1) is 0 Å². The molecule has 0 amide bonds. The number of benzene rings is 1. The minimum atomic E-state index is -4.41. The summed E-state index contributed by atoms with van der Waals surface area (Å²) in [5.74, 6) is 1.72. The molecular weight excluding hydrogens is 335 g/mol. The Morgan fingerprint density at radius 3 is 2.44 bits per heavy atom. The molecule has 6 nitrogen and oxygen atoms in total. The molecule has 130 valence electrons. The highest BCUT2D eigenvalue weighted by molar-refractivity contribution is 5.59. The molecule has 0 fully saturated rings. The van der Waals surface area contributed by atoms with Gasteiger partial charge in [0, 0.05) is 23.5 Å². The molecule has 9 heteroatoms. The Balaban J connectivity index is 1.83. The average molecular weight is 349 g/mol. The topological polar surface area (TPSA) is 75.9 Å². The van der Waals surface area contributed by atoms with Crippen molar-refractivity contribution in [1.82, 2.24) is 15.1 Å². The molecule has 0 radical (unpaired) electrons. The van der Waals surface area contributed by atoms with E-state index < -0.39 is 11.7 Å². The molecule has 0 atom stereocenters. The first kappa shape index (κ1) is 16.7. The van der Waals surface area contributed by atoms with Crippen LogP contribution < -0.4 is 10.6 Å². The van der Waals surface area contributed by atoms with Crippen molar-refractivity contribution < 1.29 is 17.7 Å². The fourth-order valence-corrected chi connectivity index (χ4v) is 2.15. The van der Waals surface area contributed by atoms with E-state index in [-0.39, 0.29) is 11.6 Å². The third kappa shape index (κ3) is 4.25. The minimum absolute atomic E-state index is 0.169. The lowest BCUT2D eigenvalue weighted by Gasteiger charge is -2.11. The van der Waals surface area contributed by atoms with Gasteiger partial charge < -0.3 is 15.2 Å². The van der Waals surface area contributed by atoms with Gasteiger partial charge in [-0.3, -0.25) is 0 Å². The summed E-state index contributed by atoms with van der Waals surface area (Å²) < 4.78 is 43.3. The van der Waals surface area contributed by atoms with Crippen molar-refractivity contribution in [2.24, 2.45) is 0 Å². The summed E-state index contributed by atoms with van der Waals surface area (Å²) in [6.45, 7) is 3.50. The number of hydrogen-bond acceptors (Lipinski definition) is 6. The number of alkyl halides is 3. The Morgan fingerprint density at radius 2 is 1.76 bits per heavy atom. The Labute approximate surface area is 141 Å². The summed E-state index contributed by atoms with van der Waals surface area (Å²) in [4.78, 5) is 8.41. The number of aromatic nitrogens is 3. The van der Waals surface area contributed by atoms with Crippen LogP contribution in [0.15, 0.2) is 40.9 Å². The first-order chi connectivity index (χ1) is 11.8. The zero-order valence-electron chi connectivity index (χ0n) is 13.3. The fraction of sp³-hybridized carbons (Fsp3) is 0.188. The molecule has 2 aromatic heterocycles. The zero-order valence-corrected chi connectivity index (χ0v) is 13.3. The first-order valence-electron chi connectivity index (χ1n) is 7.30. The molecule has 2 heterocycles. The summed E-state index contributed by atoms with van der Waals surface area (Å²) in [6.07, 6.45) is -4.41. The van der Waals surface area contributed by atoms with E-state index in [0.717, 1.165) is 12.1 Å². The highest BCUT2D eigenvalue weighted by atomic mass is 19.4. The normalized spacial score (nSPS) is 11.4. The summed E-state index contributed by atoms with van der Waals surface area (Å²) in [5.41, 5.74) is 0.123. The molecule has 0 aliphatic carbocycles. The van der Waals surface area contributed by atoms with Crippen LogP contribution >= 0.6 is 0 Å². The highest BCUT2D eigenvalue weighted by Gasteiger charge is 2.30. The van der Waals surface area contributed by atoms with Crippen LogP contribution in [0.25, 0.3) is 0 Å². The van der Waals surface area contributed by atoms with Gasteiger partial charge in [0.25, 0.3) is 0 Å². The second kappa shape index (κ2) is 6.42. The van der Waals surface area contributed by atoms with Crippen LogP contribution in [0.5, 0.6) is 0 Å². The van der Waals surface area contributed by atoms with E-state index in [1.54, 1.807) is 26.0 Å². The van der Waals surface area contributed by atoms with E-state index in [9.17, 15) is 13.2 Å². The highest BCUT2D eigenvalue weighted by Crippen LogP contribution is 2.31. The lowest BCUT2D eigenvalue weighted by Crippen LogP contribution is -2.06. The second-order valence-electron chi connectivity index (χ2n) is 5.37. The molecule has 1 aromatic carbocycles. The molecule has 3 aromatic rings. The van der Waals surface area contributed by atoms with Crippen molar-refractivity contribution in [3.05, 3.63) is 53.4 Å². The number of nitrogens with zero attached hydrogens (tertiary/aromatic N) is 3. The minimum Gasteiger partial charge on any atom is -0.360 e. The Kier molecular flexibility index (Phi) is 4.30. The van der Waals surface area contributed by atoms with E-state index in [4.69, 9.17) is 4.52 Å². The van der Waals surface area contributed by atoms with E-state index in [1.807, 2.05) is 0 Å². The first-order valence-corrected chi connectivity index (χ1v) is 7.30. The van der Waals surface area contributed by atoms with Gasteiger partial charge >= 0.3 is 6.18 Å². The molecule has 0 unspecified atom stereocenters. The molecule has 0 saturated heterocycles. The van der Waals surface area contributed by atoms with Gasteiger partial charge in [0.1, 0.15) is 11.6 Å². The van der Waals surface area contributed by atoms with Crippen LogP contribution in [0.4, 0.5) is 36.4 Å². The maximum Gasteiger partial charge on any atom is 0.416 e. The molecule has 0 aliphatic rings. The summed E-state index contributed by atoms with van der Waals surface area (Å²) in [7, 11) is 0.